The lowest BCUT2D eigenvalue weighted by Gasteiger charge is -2.14. The lowest BCUT2D eigenvalue weighted by Crippen LogP contribution is -2.38. The topological polar surface area (TPSA) is 111 Å². The number of rotatable bonds is 7. The van der Waals surface area contributed by atoms with Gasteiger partial charge in [0, 0.05) is 30.8 Å². The fraction of sp³-hybridized carbons (Fsp3) is 0.238. The van der Waals surface area contributed by atoms with E-state index in [0.717, 1.165) is 12.8 Å². The monoisotopic (exact) mass is 395 g/mol. The number of hydrogen-bond acceptors (Lipinski definition) is 5. The molecule has 2 amide bonds. The number of nitrogens with one attached hydrogen (secondary N) is 2. The fourth-order valence-corrected chi connectivity index (χ4v) is 2.94. The van der Waals surface area contributed by atoms with Gasteiger partial charge in [0.1, 0.15) is 5.70 Å². The Bertz CT molecular complexity index is 921. The van der Waals surface area contributed by atoms with Gasteiger partial charge in [0.05, 0.1) is 11.0 Å². The second-order valence-electron chi connectivity index (χ2n) is 6.58. The summed E-state index contributed by atoms with van der Waals surface area (Å²) in [6.45, 7) is 0.994. The summed E-state index contributed by atoms with van der Waals surface area (Å²) < 4.78 is 5.50. The average molecular weight is 395 g/mol. The van der Waals surface area contributed by atoms with E-state index in [4.69, 9.17) is 4.74 Å². The van der Waals surface area contributed by atoms with E-state index >= 15 is 0 Å². The van der Waals surface area contributed by atoms with Gasteiger partial charge in [-0.25, -0.2) is 0 Å². The normalized spacial score (nSPS) is 16.3. The molecule has 1 aliphatic heterocycles. The number of carbonyl (C=O) groups excluding carboxylic acids is 2. The summed E-state index contributed by atoms with van der Waals surface area (Å²) >= 11 is 0. The smallest absolute Gasteiger partial charge is 0.270 e. The van der Waals surface area contributed by atoms with Crippen molar-refractivity contribution >= 4 is 23.6 Å². The Kier molecular flexibility index (Phi) is 6.70. The van der Waals surface area contributed by atoms with Crippen LogP contribution in [0.2, 0.25) is 0 Å². The minimum Gasteiger partial charge on any atom is -0.376 e. The van der Waals surface area contributed by atoms with Crippen molar-refractivity contribution in [3.8, 4) is 0 Å². The molecule has 1 heterocycles. The number of non-ortho nitro benzene ring substituents is 1. The van der Waals surface area contributed by atoms with Crippen molar-refractivity contribution in [2.24, 2.45) is 0 Å². The van der Waals surface area contributed by atoms with Crippen LogP contribution in [-0.4, -0.2) is 36.0 Å². The summed E-state index contributed by atoms with van der Waals surface area (Å²) in [7, 11) is 0. The van der Waals surface area contributed by atoms with E-state index in [1.54, 1.807) is 36.4 Å². The highest BCUT2D eigenvalue weighted by Gasteiger charge is 2.19. The molecule has 0 aliphatic carbocycles. The van der Waals surface area contributed by atoms with Crippen LogP contribution in [0.4, 0.5) is 5.69 Å². The zero-order valence-electron chi connectivity index (χ0n) is 15.7. The van der Waals surface area contributed by atoms with E-state index in [-0.39, 0.29) is 17.5 Å². The number of hydrogen-bond donors (Lipinski definition) is 2. The molecule has 1 atom stereocenters. The highest BCUT2D eigenvalue weighted by Crippen LogP contribution is 2.16. The lowest BCUT2D eigenvalue weighted by molar-refractivity contribution is -0.384. The molecule has 1 fully saturated rings. The van der Waals surface area contributed by atoms with Gasteiger partial charge in [-0.1, -0.05) is 30.3 Å². The first-order valence-electron chi connectivity index (χ1n) is 9.25. The molecule has 3 rings (SSSR count). The van der Waals surface area contributed by atoms with Gasteiger partial charge < -0.3 is 15.4 Å². The molecule has 0 saturated carbocycles. The maximum Gasteiger partial charge on any atom is 0.270 e. The first kappa shape index (κ1) is 20.2. The van der Waals surface area contributed by atoms with Crippen molar-refractivity contribution in [1.29, 1.82) is 0 Å². The van der Waals surface area contributed by atoms with Crippen LogP contribution in [-0.2, 0) is 9.53 Å². The third-order valence-electron chi connectivity index (χ3n) is 4.44. The summed E-state index contributed by atoms with van der Waals surface area (Å²) in [6, 6.07) is 14.3. The Balaban J connectivity index is 1.81. The lowest BCUT2D eigenvalue weighted by atomic mass is 10.1. The Hall–Kier alpha value is -3.52. The first-order chi connectivity index (χ1) is 14.0. The Morgan fingerprint density at radius 1 is 1.17 bits per heavy atom. The number of amides is 2. The van der Waals surface area contributed by atoms with Crippen molar-refractivity contribution in [2.75, 3.05) is 13.2 Å². The van der Waals surface area contributed by atoms with E-state index in [0.29, 0.717) is 24.3 Å². The quantitative estimate of drug-likeness (QED) is 0.425. The van der Waals surface area contributed by atoms with Crippen molar-refractivity contribution in [3.63, 3.8) is 0 Å². The van der Waals surface area contributed by atoms with Crippen LogP contribution in [0.15, 0.2) is 60.3 Å². The van der Waals surface area contributed by atoms with Crippen LogP contribution in [0.1, 0.15) is 28.8 Å². The number of nitro benzene ring substituents is 1. The van der Waals surface area contributed by atoms with Gasteiger partial charge in [-0.05, 0) is 36.6 Å². The largest absolute Gasteiger partial charge is 0.376 e. The molecule has 8 heteroatoms. The number of nitro groups is 1. The molecule has 1 saturated heterocycles. The fourth-order valence-electron chi connectivity index (χ4n) is 2.94. The number of benzene rings is 2. The number of nitrogens with zero attached hydrogens (tertiary/aromatic N) is 1. The minimum atomic E-state index is -0.517. The average Bonchev–Trinajstić information content (AvgIpc) is 3.26. The number of ether oxygens (including phenoxy) is 1. The predicted octanol–water partition coefficient (Wildman–Crippen LogP) is 2.66. The summed E-state index contributed by atoms with van der Waals surface area (Å²) in [4.78, 5) is 35.7. The predicted molar refractivity (Wildman–Crippen MR) is 107 cm³/mol. The summed E-state index contributed by atoms with van der Waals surface area (Å²) in [6.07, 6.45) is 3.17. The molecule has 0 spiro atoms. The summed E-state index contributed by atoms with van der Waals surface area (Å²) in [5, 5.41) is 16.4. The van der Waals surface area contributed by atoms with Crippen molar-refractivity contribution in [1.82, 2.24) is 10.6 Å². The summed E-state index contributed by atoms with van der Waals surface area (Å²) in [5.74, 6) is -0.939. The van der Waals surface area contributed by atoms with Gasteiger partial charge in [0.15, 0.2) is 0 Å². The maximum absolute atomic E-state index is 12.7. The van der Waals surface area contributed by atoms with Gasteiger partial charge in [-0.3, -0.25) is 19.7 Å². The molecular weight excluding hydrogens is 374 g/mol. The second-order valence-corrected chi connectivity index (χ2v) is 6.58. The van der Waals surface area contributed by atoms with Crippen LogP contribution >= 0.6 is 0 Å². The molecule has 29 heavy (non-hydrogen) atoms. The third-order valence-corrected chi connectivity index (χ3v) is 4.44. The van der Waals surface area contributed by atoms with Crippen molar-refractivity contribution in [2.45, 2.75) is 18.9 Å². The standard InChI is InChI=1S/C21H21N3O5/c25-20(16-7-2-1-3-8-16)23-19(21(26)22-14-18-10-5-11-29-18)13-15-6-4-9-17(12-15)24(27)28/h1-4,6-9,12-13,18H,5,10-11,14H2,(H,22,26)(H,23,25)/b19-13+/t18-/m1/s1. The van der Waals surface area contributed by atoms with E-state index in [9.17, 15) is 19.7 Å². The molecule has 0 unspecified atom stereocenters. The maximum atomic E-state index is 12.7. The van der Waals surface area contributed by atoms with Gasteiger partial charge in [0.25, 0.3) is 17.5 Å². The van der Waals surface area contributed by atoms with E-state index in [2.05, 4.69) is 10.6 Å². The van der Waals surface area contributed by atoms with Gasteiger partial charge in [-0.2, -0.15) is 0 Å². The molecule has 2 aromatic rings. The molecule has 0 bridgehead atoms. The minimum absolute atomic E-state index is 0.00246. The van der Waals surface area contributed by atoms with E-state index in [1.165, 1.54) is 24.3 Å². The number of carbonyl (C=O) groups is 2. The van der Waals surface area contributed by atoms with Crippen molar-refractivity contribution in [3.05, 3.63) is 81.5 Å². The first-order valence-corrected chi connectivity index (χ1v) is 9.25. The van der Waals surface area contributed by atoms with Crippen LogP contribution in [0.3, 0.4) is 0 Å². The highest BCUT2D eigenvalue weighted by molar-refractivity contribution is 6.05. The van der Waals surface area contributed by atoms with E-state index in [1.807, 2.05) is 0 Å². The van der Waals surface area contributed by atoms with Gasteiger partial charge >= 0.3 is 0 Å². The molecule has 1 aliphatic rings. The molecule has 150 valence electrons. The third kappa shape index (κ3) is 5.73. The molecule has 0 aromatic heterocycles. The van der Waals surface area contributed by atoms with Crippen LogP contribution in [0.5, 0.6) is 0 Å². The molecule has 0 radical (unpaired) electrons. The molecule has 8 nitrogen and oxygen atoms in total. The Morgan fingerprint density at radius 3 is 2.66 bits per heavy atom. The van der Waals surface area contributed by atoms with Gasteiger partial charge in [-0.15, -0.1) is 0 Å². The van der Waals surface area contributed by atoms with Crippen LogP contribution < -0.4 is 10.6 Å². The molecular formula is C21H21N3O5. The molecule has 2 aromatic carbocycles. The Morgan fingerprint density at radius 2 is 1.97 bits per heavy atom. The molecule has 2 N–H and O–H groups in total. The summed E-state index contributed by atoms with van der Waals surface area (Å²) in [5.41, 5.74) is 0.712. The SMILES string of the molecule is O=C(NC[C@H]1CCCO1)/C(=C\c1cccc([N+](=O)[O-])c1)NC(=O)c1ccccc1. The second kappa shape index (κ2) is 9.61. The Labute approximate surface area is 167 Å². The van der Waals surface area contributed by atoms with Crippen LogP contribution in [0.25, 0.3) is 6.08 Å². The zero-order valence-corrected chi connectivity index (χ0v) is 15.7. The van der Waals surface area contributed by atoms with E-state index < -0.39 is 16.7 Å². The van der Waals surface area contributed by atoms with Gasteiger partial charge in [0.2, 0.25) is 0 Å². The zero-order chi connectivity index (χ0) is 20.6. The highest BCUT2D eigenvalue weighted by atomic mass is 16.6. The van der Waals surface area contributed by atoms with Crippen LogP contribution in [0, 0.1) is 10.1 Å². The van der Waals surface area contributed by atoms with Crippen molar-refractivity contribution < 1.29 is 19.2 Å².